The van der Waals surface area contributed by atoms with E-state index in [4.69, 9.17) is 4.74 Å². The summed E-state index contributed by atoms with van der Waals surface area (Å²) in [5, 5.41) is 23.8. The second-order valence-electron chi connectivity index (χ2n) is 17.7. The topological polar surface area (TPSA) is 95.9 Å². The van der Waals surface area contributed by atoms with Gasteiger partial charge in [0.2, 0.25) is 5.91 Å². The normalized spacial score (nSPS) is 14.1. The molecule has 3 N–H and O–H groups in total. The third-order valence-corrected chi connectivity index (χ3v) is 11.4. The molecule has 0 fully saturated rings. The number of amides is 1. The minimum absolute atomic E-state index is 0.0226. The van der Waals surface area contributed by atoms with Crippen molar-refractivity contribution in [3.63, 3.8) is 0 Å². The summed E-state index contributed by atoms with van der Waals surface area (Å²) >= 11 is 0. The van der Waals surface area contributed by atoms with Crippen molar-refractivity contribution in [3.8, 4) is 0 Å². The highest BCUT2D eigenvalue weighted by Crippen LogP contribution is 2.17. The molecule has 0 radical (unpaired) electrons. The number of allylic oxidation sites excluding steroid dienone is 18. The van der Waals surface area contributed by atoms with Crippen LogP contribution in [0.5, 0.6) is 0 Å². The standard InChI is InChI=1S/C59H99NO5/c1-4-7-10-13-16-19-22-25-28-29-30-31-34-37-40-43-46-49-52-59(64)65-55(50-47-44-41-38-35-32-26-23-20-17-14-11-8-5-2)53-58(63)60-56(54-61)57(62)51-48-45-42-39-36-33-27-24-21-18-15-12-9-6-3/h8,10-11,13,16-17,19-20,22,25-26,28-32,38,41,55-57,61-62H,4-7,9,12,14-15,18,21,23-24,27,33-37,39-40,42-54H2,1-3H3,(H,60,63)/b11-8+,13-10+,19-16+,20-17+,25-22+,29-28+,31-30+,32-26+,41-38+. The lowest BCUT2D eigenvalue weighted by atomic mass is 10.0. The third kappa shape index (κ3) is 46.8. The van der Waals surface area contributed by atoms with Crippen LogP contribution in [0.25, 0.3) is 0 Å². The van der Waals surface area contributed by atoms with Crippen LogP contribution in [-0.4, -0.2) is 46.9 Å². The second-order valence-corrected chi connectivity index (χ2v) is 17.7. The number of hydrogen-bond donors (Lipinski definition) is 3. The number of nitrogens with one attached hydrogen (secondary N) is 1. The van der Waals surface area contributed by atoms with E-state index in [1.807, 2.05) is 24.3 Å². The van der Waals surface area contributed by atoms with Gasteiger partial charge in [-0.15, -0.1) is 0 Å². The van der Waals surface area contributed by atoms with Gasteiger partial charge in [-0.05, 0) is 77.0 Å². The quantitative estimate of drug-likeness (QED) is 0.0245. The molecule has 370 valence electrons. The van der Waals surface area contributed by atoms with Crippen LogP contribution in [0.15, 0.2) is 109 Å². The molecule has 0 aromatic carbocycles. The fourth-order valence-corrected chi connectivity index (χ4v) is 7.46. The molecule has 1 amide bonds. The minimum atomic E-state index is -0.814. The molecule has 0 bridgehead atoms. The number of carbonyl (C=O) groups is 2. The second kappa shape index (κ2) is 51.5. The number of unbranched alkanes of at least 4 members (excludes halogenated alkanes) is 20. The number of rotatable bonds is 46. The van der Waals surface area contributed by atoms with Crippen LogP contribution < -0.4 is 5.32 Å². The van der Waals surface area contributed by atoms with Gasteiger partial charge < -0.3 is 20.3 Å². The van der Waals surface area contributed by atoms with Gasteiger partial charge in [0, 0.05) is 6.42 Å². The zero-order valence-electron chi connectivity index (χ0n) is 42.1. The van der Waals surface area contributed by atoms with Gasteiger partial charge in [-0.25, -0.2) is 0 Å². The summed E-state index contributed by atoms with van der Waals surface area (Å²) < 4.78 is 5.90. The maximum Gasteiger partial charge on any atom is 0.306 e. The van der Waals surface area contributed by atoms with Crippen LogP contribution in [0, 0.1) is 0 Å². The first-order valence-electron chi connectivity index (χ1n) is 26.7. The van der Waals surface area contributed by atoms with Gasteiger partial charge in [-0.1, -0.05) is 246 Å². The number of aliphatic hydroxyl groups is 2. The molecule has 0 aromatic heterocycles. The van der Waals surface area contributed by atoms with Crippen molar-refractivity contribution in [1.82, 2.24) is 5.32 Å². The Balaban J connectivity index is 4.72. The molecule has 0 aromatic rings. The first kappa shape index (κ1) is 61.5. The summed E-state index contributed by atoms with van der Waals surface area (Å²) in [4.78, 5) is 26.2. The van der Waals surface area contributed by atoms with E-state index >= 15 is 0 Å². The third-order valence-electron chi connectivity index (χ3n) is 11.4. The summed E-state index contributed by atoms with van der Waals surface area (Å²) in [6, 6.07) is -0.732. The number of aliphatic hydroxyl groups excluding tert-OH is 2. The van der Waals surface area contributed by atoms with E-state index in [1.165, 1.54) is 77.0 Å². The average Bonchev–Trinajstić information content (AvgIpc) is 3.30. The smallest absolute Gasteiger partial charge is 0.306 e. The van der Waals surface area contributed by atoms with Crippen molar-refractivity contribution in [3.05, 3.63) is 109 Å². The Hall–Kier alpha value is -3.48. The number of carbonyl (C=O) groups excluding carboxylic acids is 2. The number of hydrogen-bond acceptors (Lipinski definition) is 5. The molecule has 0 aliphatic rings. The van der Waals surface area contributed by atoms with Gasteiger partial charge in [0.15, 0.2) is 0 Å². The molecular weight excluding hydrogens is 803 g/mol. The molecule has 0 spiro atoms. The van der Waals surface area contributed by atoms with Crippen molar-refractivity contribution >= 4 is 11.9 Å². The van der Waals surface area contributed by atoms with E-state index in [-0.39, 0.29) is 24.9 Å². The summed E-state index contributed by atoms with van der Waals surface area (Å²) in [6.45, 7) is 6.26. The fraction of sp³-hybridized carbons (Fsp3) is 0.661. The molecule has 0 aliphatic heterocycles. The van der Waals surface area contributed by atoms with Gasteiger partial charge in [0.1, 0.15) is 6.10 Å². The highest BCUT2D eigenvalue weighted by atomic mass is 16.5. The fourth-order valence-electron chi connectivity index (χ4n) is 7.46. The van der Waals surface area contributed by atoms with Crippen LogP contribution in [0.1, 0.15) is 226 Å². The Kier molecular flexibility index (Phi) is 48.7. The highest BCUT2D eigenvalue weighted by molar-refractivity contribution is 5.77. The molecule has 0 rings (SSSR count). The largest absolute Gasteiger partial charge is 0.462 e. The zero-order chi connectivity index (χ0) is 47.4. The summed E-state index contributed by atoms with van der Waals surface area (Å²) in [5.74, 6) is -0.565. The zero-order valence-corrected chi connectivity index (χ0v) is 42.1. The Labute approximate surface area is 400 Å². The lowest BCUT2D eigenvalue weighted by molar-refractivity contribution is -0.151. The van der Waals surface area contributed by atoms with E-state index in [9.17, 15) is 19.8 Å². The van der Waals surface area contributed by atoms with Crippen molar-refractivity contribution < 1.29 is 24.5 Å². The van der Waals surface area contributed by atoms with Crippen LogP contribution in [-0.2, 0) is 14.3 Å². The van der Waals surface area contributed by atoms with Gasteiger partial charge in [-0.3, -0.25) is 9.59 Å². The molecule has 0 saturated heterocycles. The predicted molar refractivity (Wildman–Crippen MR) is 282 cm³/mol. The van der Waals surface area contributed by atoms with Crippen molar-refractivity contribution in [2.45, 2.75) is 244 Å². The lowest BCUT2D eigenvalue weighted by Crippen LogP contribution is -2.46. The van der Waals surface area contributed by atoms with Gasteiger partial charge in [-0.2, -0.15) is 0 Å². The molecule has 6 nitrogen and oxygen atoms in total. The summed E-state index contributed by atoms with van der Waals surface area (Å²) in [5.41, 5.74) is 0. The van der Waals surface area contributed by atoms with Crippen LogP contribution in [0.4, 0.5) is 0 Å². The summed E-state index contributed by atoms with van der Waals surface area (Å²) in [7, 11) is 0. The SMILES string of the molecule is CC/C=C/C/C=C/C/C=C/C/C=C/CCCC(CC(=O)NC(CO)C(O)CCCCCCCCCCCCCCCC)OC(=O)CCCCCCC/C=C/C=C/C=C/C=C/C=C/CCC. The Morgan fingerprint density at radius 3 is 1.48 bits per heavy atom. The molecule has 0 aliphatic carbocycles. The van der Waals surface area contributed by atoms with Crippen LogP contribution in [0.3, 0.4) is 0 Å². The Bertz CT molecular complexity index is 1330. The van der Waals surface area contributed by atoms with Gasteiger partial charge >= 0.3 is 5.97 Å². The van der Waals surface area contributed by atoms with Crippen molar-refractivity contribution in [1.29, 1.82) is 0 Å². The van der Waals surface area contributed by atoms with Crippen molar-refractivity contribution in [2.24, 2.45) is 0 Å². The van der Waals surface area contributed by atoms with Gasteiger partial charge in [0.25, 0.3) is 0 Å². The molecule has 0 heterocycles. The number of esters is 1. The average molecular weight is 902 g/mol. The monoisotopic (exact) mass is 902 g/mol. The predicted octanol–water partition coefficient (Wildman–Crippen LogP) is 16.3. The van der Waals surface area contributed by atoms with E-state index in [1.54, 1.807) is 0 Å². The molecule has 0 saturated carbocycles. The lowest BCUT2D eigenvalue weighted by Gasteiger charge is -2.24. The number of ether oxygens (including phenoxy) is 1. The first-order chi connectivity index (χ1) is 32.0. The highest BCUT2D eigenvalue weighted by Gasteiger charge is 2.24. The first-order valence-corrected chi connectivity index (χ1v) is 26.7. The molecule has 3 atom stereocenters. The Morgan fingerprint density at radius 1 is 0.477 bits per heavy atom. The van der Waals surface area contributed by atoms with Crippen LogP contribution in [0.2, 0.25) is 0 Å². The minimum Gasteiger partial charge on any atom is -0.462 e. The molecule has 65 heavy (non-hydrogen) atoms. The molecule has 3 unspecified atom stereocenters. The van der Waals surface area contributed by atoms with E-state index in [0.29, 0.717) is 19.3 Å². The van der Waals surface area contributed by atoms with Gasteiger partial charge in [0.05, 0.1) is 25.2 Å². The van der Waals surface area contributed by atoms with E-state index in [2.05, 4.69) is 111 Å². The van der Waals surface area contributed by atoms with E-state index < -0.39 is 18.2 Å². The maximum absolute atomic E-state index is 13.2. The van der Waals surface area contributed by atoms with Crippen LogP contribution >= 0.6 is 0 Å². The maximum atomic E-state index is 13.2. The van der Waals surface area contributed by atoms with Crippen molar-refractivity contribution in [2.75, 3.05) is 6.61 Å². The Morgan fingerprint density at radius 2 is 0.938 bits per heavy atom. The molecular formula is C59H99NO5. The van der Waals surface area contributed by atoms with E-state index in [0.717, 1.165) is 103 Å². The molecule has 6 heteroatoms. The summed E-state index contributed by atoms with van der Waals surface area (Å²) in [6.07, 6.45) is 70.0.